The van der Waals surface area contributed by atoms with Crippen molar-refractivity contribution in [3.05, 3.63) is 53.6 Å². The van der Waals surface area contributed by atoms with Gasteiger partial charge in [0.15, 0.2) is 0 Å². The summed E-state index contributed by atoms with van der Waals surface area (Å²) in [6.07, 6.45) is 3.19. The molecule has 0 aliphatic rings. The third kappa shape index (κ3) is 5.64. The van der Waals surface area contributed by atoms with Crippen molar-refractivity contribution in [2.75, 3.05) is 13.2 Å². The van der Waals surface area contributed by atoms with E-state index in [1.807, 2.05) is 0 Å². The van der Waals surface area contributed by atoms with Crippen LogP contribution in [0.1, 0.15) is 33.5 Å². The van der Waals surface area contributed by atoms with Crippen LogP contribution in [0.2, 0.25) is 25.7 Å². The van der Waals surface area contributed by atoms with E-state index >= 15 is 0 Å². The summed E-state index contributed by atoms with van der Waals surface area (Å²) in [5.74, 6) is -0.710. The van der Waals surface area contributed by atoms with Crippen LogP contribution in [0.4, 0.5) is 0 Å². The van der Waals surface area contributed by atoms with E-state index in [-0.39, 0.29) is 19.1 Å². The maximum atomic E-state index is 12.6. The summed E-state index contributed by atoms with van der Waals surface area (Å²) in [5, 5.41) is 0. The molecule has 0 fully saturated rings. The largest absolute Gasteiger partial charge is 0.461 e. The van der Waals surface area contributed by atoms with E-state index in [4.69, 9.17) is 9.47 Å². The fourth-order valence-corrected chi connectivity index (χ4v) is 3.06. The molecule has 0 unspecified atom stereocenters. The van der Waals surface area contributed by atoms with Crippen molar-refractivity contribution in [3.63, 3.8) is 0 Å². The smallest absolute Gasteiger partial charge is 0.355 e. The number of carbonyl (C=O) groups is 2. The van der Waals surface area contributed by atoms with Gasteiger partial charge in [-0.25, -0.2) is 4.79 Å². The fraction of sp³-hybridized carbons (Fsp3) is 0.421. The van der Waals surface area contributed by atoms with Crippen molar-refractivity contribution in [3.8, 4) is 0 Å². The lowest BCUT2D eigenvalue weighted by molar-refractivity contribution is 0.0473. The van der Waals surface area contributed by atoms with Gasteiger partial charge in [-0.2, -0.15) is 0 Å². The monoisotopic (exact) mass is 374 g/mol. The molecule has 26 heavy (non-hydrogen) atoms. The lowest BCUT2D eigenvalue weighted by atomic mass is 10.1. The number of nitrogens with zero attached hydrogens (tertiary/aromatic N) is 2. The third-order valence-electron chi connectivity index (χ3n) is 3.77. The van der Waals surface area contributed by atoms with Crippen LogP contribution >= 0.6 is 0 Å². The SMILES string of the molecule is CCOC(=O)c1cc(C(=O)c2ccccn2)cn1COCC[Si](C)(C)C. The highest BCUT2D eigenvalue weighted by atomic mass is 28.3. The second-order valence-electron chi connectivity index (χ2n) is 7.20. The highest BCUT2D eigenvalue weighted by Crippen LogP contribution is 2.15. The Morgan fingerprint density at radius 3 is 2.62 bits per heavy atom. The van der Waals surface area contributed by atoms with Gasteiger partial charge in [0.25, 0.3) is 0 Å². The molecule has 0 saturated heterocycles. The predicted molar refractivity (Wildman–Crippen MR) is 102 cm³/mol. The maximum Gasteiger partial charge on any atom is 0.355 e. The first-order valence-corrected chi connectivity index (χ1v) is 12.4. The molecule has 0 amide bonds. The summed E-state index contributed by atoms with van der Waals surface area (Å²) in [6, 6.07) is 7.72. The van der Waals surface area contributed by atoms with Crippen LogP contribution in [0, 0.1) is 0 Å². The molecule has 0 aliphatic carbocycles. The Balaban J connectivity index is 2.18. The molecule has 6 nitrogen and oxygen atoms in total. The highest BCUT2D eigenvalue weighted by molar-refractivity contribution is 6.76. The average molecular weight is 375 g/mol. The van der Waals surface area contributed by atoms with Gasteiger partial charge in [-0.1, -0.05) is 25.7 Å². The molecule has 2 rings (SSSR count). The van der Waals surface area contributed by atoms with E-state index in [0.29, 0.717) is 23.6 Å². The number of carbonyl (C=O) groups excluding carboxylic acids is 2. The number of esters is 1. The van der Waals surface area contributed by atoms with Crippen LogP contribution in [0.15, 0.2) is 36.7 Å². The number of aromatic nitrogens is 2. The molecule has 0 radical (unpaired) electrons. The van der Waals surface area contributed by atoms with Gasteiger partial charge >= 0.3 is 5.97 Å². The summed E-state index contributed by atoms with van der Waals surface area (Å²) >= 11 is 0. The zero-order valence-electron chi connectivity index (χ0n) is 15.8. The molecule has 0 aromatic carbocycles. The van der Waals surface area contributed by atoms with Crippen LogP contribution in [0.3, 0.4) is 0 Å². The Hall–Kier alpha value is -2.25. The van der Waals surface area contributed by atoms with E-state index in [1.165, 1.54) is 6.07 Å². The van der Waals surface area contributed by atoms with Crippen molar-refractivity contribution in [2.24, 2.45) is 0 Å². The first-order valence-electron chi connectivity index (χ1n) is 8.72. The molecule has 0 aliphatic heterocycles. The summed E-state index contributed by atoms with van der Waals surface area (Å²) in [5.41, 5.74) is 1.03. The minimum Gasteiger partial charge on any atom is -0.461 e. The Labute approximate surface area is 155 Å². The zero-order chi connectivity index (χ0) is 19.2. The van der Waals surface area contributed by atoms with Gasteiger partial charge < -0.3 is 14.0 Å². The first-order chi connectivity index (χ1) is 12.3. The normalized spacial score (nSPS) is 11.4. The van der Waals surface area contributed by atoms with E-state index in [1.54, 1.807) is 42.1 Å². The Morgan fingerprint density at radius 1 is 1.23 bits per heavy atom. The Kier molecular flexibility index (Phi) is 6.88. The molecule has 0 saturated carbocycles. The maximum absolute atomic E-state index is 12.6. The van der Waals surface area contributed by atoms with Crippen molar-refractivity contribution in [2.45, 2.75) is 39.3 Å². The van der Waals surface area contributed by atoms with Crippen molar-refractivity contribution in [1.82, 2.24) is 9.55 Å². The molecule has 0 N–H and O–H groups in total. The minimum absolute atomic E-state index is 0.203. The van der Waals surface area contributed by atoms with Crippen LogP contribution in [-0.4, -0.2) is 42.6 Å². The predicted octanol–water partition coefficient (Wildman–Crippen LogP) is 3.60. The van der Waals surface area contributed by atoms with Crippen molar-refractivity contribution < 1.29 is 19.1 Å². The van der Waals surface area contributed by atoms with Crippen LogP contribution in [-0.2, 0) is 16.2 Å². The molecular formula is C19H26N2O4Si. The van der Waals surface area contributed by atoms with Gasteiger partial charge in [0.2, 0.25) is 5.78 Å². The quantitative estimate of drug-likeness (QED) is 0.290. The molecular weight excluding hydrogens is 348 g/mol. The zero-order valence-corrected chi connectivity index (χ0v) is 16.8. The van der Waals surface area contributed by atoms with Gasteiger partial charge in [-0.3, -0.25) is 9.78 Å². The third-order valence-corrected chi connectivity index (χ3v) is 5.47. The van der Waals surface area contributed by atoms with E-state index in [0.717, 1.165) is 6.04 Å². The van der Waals surface area contributed by atoms with E-state index in [2.05, 4.69) is 24.6 Å². The number of ketones is 1. The molecule has 2 aromatic heterocycles. The Morgan fingerprint density at radius 2 is 2.00 bits per heavy atom. The number of rotatable bonds is 9. The molecule has 0 atom stereocenters. The number of ether oxygens (including phenoxy) is 2. The topological polar surface area (TPSA) is 70.4 Å². The molecule has 0 bridgehead atoms. The lowest BCUT2D eigenvalue weighted by Crippen LogP contribution is -2.22. The molecule has 2 aromatic rings. The standard InChI is InChI=1S/C19H26N2O4Si/c1-5-25-19(23)17-12-15(18(22)16-8-6-7-9-20-16)13-21(17)14-24-10-11-26(2,3)4/h6-9,12-13H,5,10-11,14H2,1-4H3. The number of pyridine rings is 1. The van der Waals surface area contributed by atoms with E-state index in [9.17, 15) is 9.59 Å². The van der Waals surface area contributed by atoms with Crippen LogP contribution in [0.5, 0.6) is 0 Å². The van der Waals surface area contributed by atoms with Crippen LogP contribution < -0.4 is 0 Å². The first kappa shape index (κ1) is 20.1. The van der Waals surface area contributed by atoms with Gasteiger partial charge in [0.05, 0.1) is 6.61 Å². The molecule has 0 spiro atoms. The summed E-state index contributed by atoms with van der Waals surface area (Å²) in [6.45, 7) is 9.67. The Bertz CT molecular complexity index is 751. The summed E-state index contributed by atoms with van der Waals surface area (Å²) < 4.78 is 12.4. The molecule has 2 heterocycles. The van der Waals surface area contributed by atoms with Gasteiger partial charge in [-0.15, -0.1) is 0 Å². The second kappa shape index (κ2) is 8.91. The highest BCUT2D eigenvalue weighted by Gasteiger charge is 2.20. The molecule has 140 valence electrons. The lowest BCUT2D eigenvalue weighted by Gasteiger charge is -2.16. The fourth-order valence-electron chi connectivity index (χ4n) is 2.30. The second-order valence-corrected chi connectivity index (χ2v) is 12.8. The van der Waals surface area contributed by atoms with Gasteiger partial charge in [0, 0.05) is 32.6 Å². The average Bonchev–Trinajstić information content (AvgIpc) is 3.02. The van der Waals surface area contributed by atoms with Crippen molar-refractivity contribution in [1.29, 1.82) is 0 Å². The van der Waals surface area contributed by atoms with Crippen LogP contribution in [0.25, 0.3) is 0 Å². The number of hydrogen-bond acceptors (Lipinski definition) is 5. The summed E-state index contributed by atoms with van der Waals surface area (Å²) in [7, 11) is -1.19. The van der Waals surface area contributed by atoms with Gasteiger partial charge in [-0.05, 0) is 31.2 Å². The van der Waals surface area contributed by atoms with E-state index < -0.39 is 14.0 Å². The number of hydrogen-bond donors (Lipinski definition) is 0. The van der Waals surface area contributed by atoms with Crippen molar-refractivity contribution >= 4 is 19.8 Å². The molecule has 7 heteroatoms. The van der Waals surface area contributed by atoms with Gasteiger partial charge in [0.1, 0.15) is 18.1 Å². The minimum atomic E-state index is -1.19. The summed E-state index contributed by atoms with van der Waals surface area (Å²) in [4.78, 5) is 28.9.